The van der Waals surface area contributed by atoms with Crippen molar-refractivity contribution < 1.29 is 23.5 Å². The number of benzene rings is 2. The molecule has 0 aliphatic carbocycles. The number of hydrogen-bond acceptors (Lipinski definition) is 4. The molecule has 0 spiro atoms. The van der Waals surface area contributed by atoms with Crippen LogP contribution in [-0.2, 0) is 9.53 Å². The van der Waals surface area contributed by atoms with Gasteiger partial charge in [0.15, 0.2) is 6.10 Å². The van der Waals surface area contributed by atoms with Gasteiger partial charge in [-0.05, 0) is 58.0 Å². The lowest BCUT2D eigenvalue weighted by Crippen LogP contribution is -2.31. The Bertz CT molecular complexity index is 803. The number of halogens is 1. The highest BCUT2D eigenvalue weighted by atomic mass is 19.1. The Balaban J connectivity index is 2.09. The molecule has 0 aromatic heterocycles. The first-order valence-electron chi connectivity index (χ1n) is 8.46. The number of ether oxygens (including phenoxy) is 2. The molecule has 27 heavy (non-hydrogen) atoms. The molecule has 144 valence electrons. The van der Waals surface area contributed by atoms with Crippen molar-refractivity contribution in [3.8, 4) is 5.75 Å². The predicted molar refractivity (Wildman–Crippen MR) is 101 cm³/mol. The molecule has 0 aliphatic heterocycles. The molecule has 0 fully saturated rings. The third-order valence-corrected chi connectivity index (χ3v) is 3.30. The van der Waals surface area contributed by atoms with Gasteiger partial charge >= 0.3 is 6.09 Å². The van der Waals surface area contributed by atoms with Gasteiger partial charge in [-0.1, -0.05) is 18.2 Å². The topological polar surface area (TPSA) is 76.7 Å². The molecule has 0 bridgehead atoms. The number of nitrogens with one attached hydrogen (secondary N) is 2. The van der Waals surface area contributed by atoms with Crippen LogP contribution in [0.15, 0.2) is 48.5 Å². The number of para-hydroxylation sites is 1. The maximum atomic E-state index is 13.6. The summed E-state index contributed by atoms with van der Waals surface area (Å²) in [7, 11) is 0. The van der Waals surface area contributed by atoms with E-state index in [0.717, 1.165) is 6.07 Å². The van der Waals surface area contributed by atoms with E-state index < -0.39 is 29.5 Å². The first-order valence-corrected chi connectivity index (χ1v) is 8.46. The molecule has 2 N–H and O–H groups in total. The summed E-state index contributed by atoms with van der Waals surface area (Å²) in [6, 6.07) is 12.5. The van der Waals surface area contributed by atoms with Crippen molar-refractivity contribution in [2.75, 3.05) is 10.6 Å². The van der Waals surface area contributed by atoms with Gasteiger partial charge in [-0.3, -0.25) is 10.1 Å². The lowest BCUT2D eigenvalue weighted by Gasteiger charge is -2.21. The second-order valence-electron chi connectivity index (χ2n) is 6.88. The van der Waals surface area contributed by atoms with Crippen LogP contribution in [0.2, 0.25) is 0 Å². The SMILES string of the molecule is CC(Oc1ccccc1)C(=O)Nc1cc(F)ccc1NC(=O)OC(C)(C)C. The van der Waals surface area contributed by atoms with Crippen LogP contribution in [0.25, 0.3) is 0 Å². The fraction of sp³-hybridized carbons (Fsp3) is 0.300. The zero-order valence-electron chi connectivity index (χ0n) is 15.7. The van der Waals surface area contributed by atoms with E-state index >= 15 is 0 Å². The maximum absolute atomic E-state index is 13.6. The number of hydrogen-bond donors (Lipinski definition) is 2. The van der Waals surface area contributed by atoms with Gasteiger partial charge in [0.05, 0.1) is 11.4 Å². The lowest BCUT2D eigenvalue weighted by atomic mass is 10.2. The summed E-state index contributed by atoms with van der Waals surface area (Å²) >= 11 is 0. The Hall–Kier alpha value is -3.09. The minimum absolute atomic E-state index is 0.106. The summed E-state index contributed by atoms with van der Waals surface area (Å²) < 4.78 is 24.4. The highest BCUT2D eigenvalue weighted by Crippen LogP contribution is 2.24. The van der Waals surface area contributed by atoms with Gasteiger partial charge in [0.2, 0.25) is 0 Å². The molecular formula is C20H23FN2O4. The van der Waals surface area contributed by atoms with Crippen molar-refractivity contribution >= 4 is 23.4 Å². The summed E-state index contributed by atoms with van der Waals surface area (Å²) in [4.78, 5) is 24.4. The van der Waals surface area contributed by atoms with Crippen LogP contribution >= 0.6 is 0 Å². The van der Waals surface area contributed by atoms with E-state index in [4.69, 9.17) is 9.47 Å². The minimum Gasteiger partial charge on any atom is -0.481 e. The predicted octanol–water partition coefficient (Wildman–Crippen LogP) is 4.58. The van der Waals surface area contributed by atoms with Crippen molar-refractivity contribution in [1.29, 1.82) is 0 Å². The van der Waals surface area contributed by atoms with Gasteiger partial charge in [0.1, 0.15) is 17.2 Å². The highest BCUT2D eigenvalue weighted by molar-refractivity contribution is 5.99. The second-order valence-corrected chi connectivity index (χ2v) is 6.88. The fourth-order valence-electron chi connectivity index (χ4n) is 2.13. The summed E-state index contributed by atoms with van der Waals surface area (Å²) in [5, 5.41) is 5.07. The van der Waals surface area contributed by atoms with Crippen molar-refractivity contribution in [2.45, 2.75) is 39.4 Å². The van der Waals surface area contributed by atoms with Crippen LogP contribution in [-0.4, -0.2) is 23.7 Å². The van der Waals surface area contributed by atoms with Crippen LogP contribution in [0.5, 0.6) is 5.75 Å². The van der Waals surface area contributed by atoms with Crippen molar-refractivity contribution in [3.63, 3.8) is 0 Å². The number of carbonyl (C=O) groups is 2. The monoisotopic (exact) mass is 374 g/mol. The number of anilines is 2. The summed E-state index contributed by atoms with van der Waals surface area (Å²) in [6.07, 6.45) is -1.54. The van der Waals surface area contributed by atoms with E-state index in [2.05, 4.69) is 10.6 Å². The summed E-state index contributed by atoms with van der Waals surface area (Å²) in [5.74, 6) is -0.514. The molecule has 0 aliphatic rings. The Labute approximate surface area is 157 Å². The van der Waals surface area contributed by atoms with E-state index in [9.17, 15) is 14.0 Å². The van der Waals surface area contributed by atoms with Gasteiger partial charge < -0.3 is 14.8 Å². The van der Waals surface area contributed by atoms with Gasteiger partial charge in [-0.2, -0.15) is 0 Å². The Morgan fingerprint density at radius 2 is 1.67 bits per heavy atom. The standard InChI is InChI=1S/C20H23FN2O4/c1-13(26-15-8-6-5-7-9-15)18(24)22-17-12-14(21)10-11-16(17)23-19(25)27-20(2,3)4/h5-13H,1-4H3,(H,22,24)(H,23,25). The van der Waals surface area contributed by atoms with E-state index in [0.29, 0.717) is 5.75 Å². The smallest absolute Gasteiger partial charge is 0.412 e. The summed E-state index contributed by atoms with van der Waals surface area (Å²) in [6.45, 7) is 6.75. The number of rotatable bonds is 5. The van der Waals surface area contributed by atoms with E-state index in [-0.39, 0.29) is 11.4 Å². The normalized spacial score (nSPS) is 12.0. The Morgan fingerprint density at radius 3 is 2.30 bits per heavy atom. The van der Waals surface area contributed by atoms with Crippen LogP contribution < -0.4 is 15.4 Å². The van der Waals surface area contributed by atoms with Crippen molar-refractivity contribution in [3.05, 3.63) is 54.3 Å². The van der Waals surface area contributed by atoms with Crippen molar-refractivity contribution in [2.24, 2.45) is 0 Å². The average Bonchev–Trinajstić information content (AvgIpc) is 2.56. The molecule has 0 saturated heterocycles. The molecule has 0 heterocycles. The lowest BCUT2D eigenvalue weighted by molar-refractivity contribution is -0.122. The first-order chi connectivity index (χ1) is 12.6. The second kappa shape index (κ2) is 8.53. The molecule has 2 rings (SSSR count). The molecule has 6 nitrogen and oxygen atoms in total. The third-order valence-electron chi connectivity index (χ3n) is 3.30. The molecule has 2 aromatic rings. The average molecular weight is 374 g/mol. The van der Waals surface area contributed by atoms with Crippen LogP contribution in [0, 0.1) is 5.82 Å². The number of amides is 2. The third kappa shape index (κ3) is 6.62. The Kier molecular flexibility index (Phi) is 6.39. The fourth-order valence-corrected chi connectivity index (χ4v) is 2.13. The molecule has 2 amide bonds. The zero-order valence-corrected chi connectivity index (χ0v) is 15.7. The molecule has 1 atom stereocenters. The van der Waals surface area contributed by atoms with E-state index in [1.54, 1.807) is 52.0 Å². The van der Waals surface area contributed by atoms with Crippen LogP contribution in [0.1, 0.15) is 27.7 Å². The Morgan fingerprint density at radius 1 is 1.00 bits per heavy atom. The number of carbonyl (C=O) groups excluding carboxylic acids is 2. The first kappa shape index (κ1) is 20.2. The molecule has 0 radical (unpaired) electrons. The zero-order chi connectivity index (χ0) is 20.0. The molecule has 7 heteroatoms. The van der Waals surface area contributed by atoms with Gasteiger partial charge in [-0.15, -0.1) is 0 Å². The van der Waals surface area contributed by atoms with Gasteiger partial charge in [0, 0.05) is 0 Å². The highest BCUT2D eigenvalue weighted by Gasteiger charge is 2.20. The molecular weight excluding hydrogens is 351 g/mol. The van der Waals surface area contributed by atoms with E-state index in [1.807, 2.05) is 6.07 Å². The quantitative estimate of drug-likeness (QED) is 0.803. The van der Waals surface area contributed by atoms with Crippen LogP contribution in [0.3, 0.4) is 0 Å². The van der Waals surface area contributed by atoms with E-state index in [1.165, 1.54) is 12.1 Å². The molecule has 2 aromatic carbocycles. The van der Waals surface area contributed by atoms with Crippen LogP contribution in [0.4, 0.5) is 20.6 Å². The minimum atomic E-state index is -0.829. The van der Waals surface area contributed by atoms with Gasteiger partial charge in [-0.25, -0.2) is 9.18 Å². The van der Waals surface area contributed by atoms with Crippen molar-refractivity contribution in [1.82, 2.24) is 0 Å². The maximum Gasteiger partial charge on any atom is 0.412 e. The molecule has 0 saturated carbocycles. The molecule has 1 unspecified atom stereocenters. The van der Waals surface area contributed by atoms with Gasteiger partial charge in [0.25, 0.3) is 5.91 Å². The summed E-state index contributed by atoms with van der Waals surface area (Å²) in [5.41, 5.74) is -0.369. The largest absolute Gasteiger partial charge is 0.481 e.